The van der Waals surface area contributed by atoms with Crippen LogP contribution in [0.2, 0.25) is 0 Å². The number of hydrogen-bond acceptors (Lipinski definition) is 7. The van der Waals surface area contributed by atoms with E-state index in [0.717, 1.165) is 5.56 Å². The molecule has 1 aliphatic carbocycles. The van der Waals surface area contributed by atoms with Gasteiger partial charge in [0, 0.05) is 30.0 Å². The zero-order valence-electron chi connectivity index (χ0n) is 15.2. The fraction of sp³-hybridized carbons (Fsp3) is 0.316. The van der Waals surface area contributed by atoms with Gasteiger partial charge < -0.3 is 15.2 Å². The molecule has 0 aliphatic heterocycles. The van der Waals surface area contributed by atoms with E-state index in [1.807, 2.05) is 30.3 Å². The Morgan fingerprint density at radius 1 is 1.21 bits per heavy atom. The second kappa shape index (κ2) is 7.89. The zero-order chi connectivity index (χ0) is 19.5. The Balaban J connectivity index is 1.58. The van der Waals surface area contributed by atoms with E-state index in [0.29, 0.717) is 30.3 Å². The minimum atomic E-state index is -0.291. The molecule has 2 aromatic heterocycles. The number of carbonyl (C=O) groups excluding carboxylic acids is 2. The Kier molecular flexibility index (Phi) is 5.16. The van der Waals surface area contributed by atoms with Crippen LogP contribution in [0.1, 0.15) is 35.1 Å². The Bertz CT molecular complexity index is 957. The predicted octanol–water partition coefficient (Wildman–Crippen LogP) is 2.23. The number of aromatic nitrogens is 3. The van der Waals surface area contributed by atoms with Crippen molar-refractivity contribution in [3.63, 3.8) is 0 Å². The lowest BCUT2D eigenvalue weighted by Crippen LogP contribution is -2.37. The molecule has 0 spiro atoms. The zero-order valence-corrected chi connectivity index (χ0v) is 16.0. The third-order valence-corrected chi connectivity index (χ3v) is 5.54. The molecule has 144 valence electrons. The summed E-state index contributed by atoms with van der Waals surface area (Å²) in [5.74, 6) is 0.116. The van der Waals surface area contributed by atoms with Gasteiger partial charge in [-0.1, -0.05) is 35.5 Å². The Morgan fingerprint density at radius 3 is 2.75 bits per heavy atom. The summed E-state index contributed by atoms with van der Waals surface area (Å²) in [6.45, 7) is 0. The molecule has 0 saturated heterocycles. The lowest BCUT2D eigenvalue weighted by atomic mass is 10.0. The molecule has 0 unspecified atom stereocenters. The van der Waals surface area contributed by atoms with Crippen molar-refractivity contribution in [2.45, 2.75) is 24.8 Å². The second-order valence-electron chi connectivity index (χ2n) is 6.66. The van der Waals surface area contributed by atoms with E-state index in [-0.39, 0.29) is 29.7 Å². The van der Waals surface area contributed by atoms with E-state index in [9.17, 15) is 9.59 Å². The summed E-state index contributed by atoms with van der Waals surface area (Å²) in [6, 6.07) is 9.23. The summed E-state index contributed by atoms with van der Waals surface area (Å²) in [5.41, 5.74) is 2.82. The standard InChI is InChI=1S/C19H19N5O3S/c1-20-17(25)12-7-13(14(8-12)22-18(26)15-9-28-10-21-15)19-23-16(24-27-19)11-5-3-2-4-6-11/h2-6,9-10,12-14H,7-8H2,1H3,(H,20,25)(H,22,26)/t12-,13-,14+/m1/s1. The highest BCUT2D eigenvalue weighted by atomic mass is 32.1. The average molecular weight is 397 g/mol. The summed E-state index contributed by atoms with van der Waals surface area (Å²) in [6.07, 6.45) is 1.03. The van der Waals surface area contributed by atoms with Crippen LogP contribution < -0.4 is 10.6 Å². The van der Waals surface area contributed by atoms with Crippen LogP contribution in [0.5, 0.6) is 0 Å². The maximum atomic E-state index is 12.5. The van der Waals surface area contributed by atoms with E-state index in [1.165, 1.54) is 11.3 Å². The number of hydrogen-bond donors (Lipinski definition) is 2. The van der Waals surface area contributed by atoms with Crippen molar-refractivity contribution in [3.8, 4) is 11.4 Å². The molecule has 1 aliphatic rings. The number of thiazole rings is 1. The number of carbonyl (C=O) groups is 2. The minimum Gasteiger partial charge on any atom is -0.359 e. The summed E-state index contributed by atoms with van der Waals surface area (Å²) in [4.78, 5) is 33.2. The maximum absolute atomic E-state index is 12.5. The molecule has 2 N–H and O–H groups in total. The average Bonchev–Trinajstić information content (AvgIpc) is 3.47. The first kappa shape index (κ1) is 18.3. The normalized spacial score (nSPS) is 21.4. The molecule has 0 bridgehead atoms. The van der Waals surface area contributed by atoms with E-state index >= 15 is 0 Å². The highest BCUT2D eigenvalue weighted by Crippen LogP contribution is 2.38. The summed E-state index contributed by atoms with van der Waals surface area (Å²) in [7, 11) is 1.61. The smallest absolute Gasteiger partial charge is 0.270 e. The van der Waals surface area contributed by atoms with Gasteiger partial charge in [0.05, 0.1) is 11.4 Å². The maximum Gasteiger partial charge on any atom is 0.270 e. The van der Waals surface area contributed by atoms with Crippen LogP contribution in [-0.2, 0) is 4.79 Å². The number of benzene rings is 1. The fourth-order valence-electron chi connectivity index (χ4n) is 3.55. The summed E-state index contributed by atoms with van der Waals surface area (Å²) in [5, 5.41) is 11.4. The van der Waals surface area contributed by atoms with Gasteiger partial charge in [0.1, 0.15) is 5.69 Å². The molecule has 0 radical (unpaired) electrons. The molecule has 1 fully saturated rings. The van der Waals surface area contributed by atoms with Crippen LogP contribution in [0, 0.1) is 5.92 Å². The highest BCUT2D eigenvalue weighted by molar-refractivity contribution is 7.07. The van der Waals surface area contributed by atoms with Crippen molar-refractivity contribution < 1.29 is 14.1 Å². The van der Waals surface area contributed by atoms with Gasteiger partial charge in [0.2, 0.25) is 17.6 Å². The van der Waals surface area contributed by atoms with Gasteiger partial charge >= 0.3 is 0 Å². The highest BCUT2D eigenvalue weighted by Gasteiger charge is 2.42. The monoisotopic (exact) mass is 397 g/mol. The molecule has 8 nitrogen and oxygen atoms in total. The third kappa shape index (κ3) is 3.65. The number of nitrogens with one attached hydrogen (secondary N) is 2. The van der Waals surface area contributed by atoms with Crippen LogP contribution in [0.15, 0.2) is 45.7 Å². The quantitative estimate of drug-likeness (QED) is 0.683. The van der Waals surface area contributed by atoms with Gasteiger partial charge in [-0.25, -0.2) is 4.98 Å². The van der Waals surface area contributed by atoms with Crippen LogP contribution in [-0.4, -0.2) is 40.0 Å². The van der Waals surface area contributed by atoms with Crippen molar-refractivity contribution in [1.82, 2.24) is 25.8 Å². The van der Waals surface area contributed by atoms with Gasteiger partial charge in [0.15, 0.2) is 0 Å². The van der Waals surface area contributed by atoms with Crippen LogP contribution >= 0.6 is 11.3 Å². The van der Waals surface area contributed by atoms with Crippen molar-refractivity contribution >= 4 is 23.2 Å². The predicted molar refractivity (Wildman–Crippen MR) is 103 cm³/mol. The molecule has 2 amide bonds. The minimum absolute atomic E-state index is 0.0572. The molecule has 3 aromatic rings. The molecule has 1 saturated carbocycles. The van der Waals surface area contributed by atoms with Crippen LogP contribution in [0.4, 0.5) is 0 Å². The molecule has 9 heteroatoms. The van der Waals surface area contributed by atoms with E-state index in [4.69, 9.17) is 4.52 Å². The molecule has 4 rings (SSSR count). The topological polar surface area (TPSA) is 110 Å². The molecule has 28 heavy (non-hydrogen) atoms. The van der Waals surface area contributed by atoms with Gasteiger partial charge in [-0.2, -0.15) is 4.98 Å². The Morgan fingerprint density at radius 2 is 2.04 bits per heavy atom. The fourth-order valence-corrected chi connectivity index (χ4v) is 4.08. The largest absolute Gasteiger partial charge is 0.359 e. The molecular weight excluding hydrogens is 378 g/mol. The van der Waals surface area contributed by atoms with Crippen molar-refractivity contribution in [2.75, 3.05) is 7.05 Å². The Labute approximate surface area is 165 Å². The SMILES string of the molecule is CNC(=O)[C@H]1C[C@H](NC(=O)c2cscn2)[C@H](c2nc(-c3ccccc3)no2)C1. The number of nitrogens with zero attached hydrogens (tertiary/aromatic N) is 3. The van der Waals surface area contributed by atoms with Crippen molar-refractivity contribution in [3.05, 3.63) is 52.8 Å². The van der Waals surface area contributed by atoms with E-state index in [2.05, 4.69) is 25.8 Å². The first-order valence-electron chi connectivity index (χ1n) is 8.95. The van der Waals surface area contributed by atoms with Crippen LogP contribution in [0.3, 0.4) is 0 Å². The Hall–Kier alpha value is -3.07. The lowest BCUT2D eigenvalue weighted by molar-refractivity contribution is -0.124. The van der Waals surface area contributed by atoms with Gasteiger partial charge in [-0.3, -0.25) is 9.59 Å². The summed E-state index contributed by atoms with van der Waals surface area (Å²) < 4.78 is 5.51. The van der Waals surface area contributed by atoms with Crippen LogP contribution in [0.25, 0.3) is 11.4 Å². The van der Waals surface area contributed by atoms with E-state index < -0.39 is 0 Å². The molecular formula is C19H19N5O3S. The van der Waals surface area contributed by atoms with Gasteiger partial charge in [-0.05, 0) is 12.8 Å². The van der Waals surface area contributed by atoms with E-state index in [1.54, 1.807) is 17.9 Å². The molecule has 3 atom stereocenters. The first-order chi connectivity index (χ1) is 13.7. The van der Waals surface area contributed by atoms with Crippen molar-refractivity contribution in [2.24, 2.45) is 5.92 Å². The molecule has 1 aromatic carbocycles. The van der Waals surface area contributed by atoms with Gasteiger partial charge in [0.25, 0.3) is 5.91 Å². The lowest BCUT2D eigenvalue weighted by Gasteiger charge is -2.17. The van der Waals surface area contributed by atoms with Crippen molar-refractivity contribution in [1.29, 1.82) is 0 Å². The number of amides is 2. The number of rotatable bonds is 5. The van der Waals surface area contributed by atoms with Gasteiger partial charge in [-0.15, -0.1) is 11.3 Å². The third-order valence-electron chi connectivity index (χ3n) is 4.95. The summed E-state index contributed by atoms with van der Waals surface area (Å²) >= 11 is 1.36. The first-order valence-corrected chi connectivity index (χ1v) is 9.89. The molecule has 2 heterocycles. The second-order valence-corrected chi connectivity index (χ2v) is 7.38.